The quantitative estimate of drug-likeness (QED) is 0.762. The van der Waals surface area contributed by atoms with Gasteiger partial charge in [0.05, 0.1) is 4.99 Å². The van der Waals surface area contributed by atoms with E-state index in [1.165, 1.54) is 0 Å². The Labute approximate surface area is 122 Å². The molecule has 110 valence electrons. The molecule has 4 heteroatoms. The van der Waals surface area contributed by atoms with Gasteiger partial charge in [0.1, 0.15) is 0 Å². The molecule has 0 aliphatic carbocycles. The number of piperidine rings is 1. The Morgan fingerprint density at radius 2 is 1.95 bits per heavy atom. The Morgan fingerprint density at radius 3 is 2.37 bits per heavy atom. The number of nitrogens with two attached hydrogens (primary N) is 1. The number of carbonyl (C=O) groups is 1. The molecule has 0 aromatic carbocycles. The van der Waals surface area contributed by atoms with Gasteiger partial charge in [0.15, 0.2) is 0 Å². The molecule has 1 rings (SSSR count). The fraction of sp³-hybridized carbons (Fsp3) is 0.867. The molecule has 1 amide bonds. The molecule has 0 bridgehead atoms. The Morgan fingerprint density at radius 1 is 1.37 bits per heavy atom. The van der Waals surface area contributed by atoms with Gasteiger partial charge in [-0.3, -0.25) is 4.79 Å². The lowest BCUT2D eigenvalue weighted by molar-refractivity contribution is -0.137. The van der Waals surface area contributed by atoms with Crippen LogP contribution in [0.2, 0.25) is 0 Å². The molecule has 0 radical (unpaired) electrons. The molecule has 0 saturated carbocycles. The van der Waals surface area contributed by atoms with Crippen LogP contribution in [-0.2, 0) is 4.79 Å². The highest BCUT2D eigenvalue weighted by Gasteiger charge is 2.35. The van der Waals surface area contributed by atoms with Crippen molar-refractivity contribution in [2.75, 3.05) is 13.1 Å². The Bertz CT molecular complexity index is 322. The molecular formula is C15H28N2OS. The fourth-order valence-electron chi connectivity index (χ4n) is 2.68. The highest BCUT2D eigenvalue weighted by atomic mass is 32.1. The number of hydrogen-bond acceptors (Lipinski definition) is 2. The number of thiocarbonyl (C=S) groups is 1. The molecule has 1 aliphatic rings. The molecule has 0 aromatic heterocycles. The maximum absolute atomic E-state index is 12.5. The maximum Gasteiger partial charge on any atom is 0.225 e. The first-order valence-electron chi connectivity index (χ1n) is 7.53. The van der Waals surface area contributed by atoms with Crippen LogP contribution in [0.5, 0.6) is 0 Å². The van der Waals surface area contributed by atoms with Crippen molar-refractivity contribution in [1.82, 2.24) is 4.90 Å². The van der Waals surface area contributed by atoms with Gasteiger partial charge in [-0.05, 0) is 25.7 Å². The molecule has 1 unspecified atom stereocenters. The second kappa shape index (κ2) is 7.22. The van der Waals surface area contributed by atoms with Gasteiger partial charge < -0.3 is 10.6 Å². The molecule has 0 spiro atoms. The van der Waals surface area contributed by atoms with Gasteiger partial charge in [0, 0.05) is 24.4 Å². The monoisotopic (exact) mass is 284 g/mol. The molecule has 1 aliphatic heterocycles. The largest absolute Gasteiger partial charge is 0.393 e. The predicted octanol–water partition coefficient (Wildman–Crippen LogP) is 3.12. The highest BCUT2D eigenvalue weighted by molar-refractivity contribution is 7.80. The zero-order valence-corrected chi connectivity index (χ0v) is 13.4. The van der Waals surface area contributed by atoms with E-state index < -0.39 is 0 Å². The van der Waals surface area contributed by atoms with Crippen molar-refractivity contribution >= 4 is 23.1 Å². The predicted molar refractivity (Wildman–Crippen MR) is 84.0 cm³/mol. The normalized spacial score (nSPS) is 20.1. The van der Waals surface area contributed by atoms with Crippen LogP contribution in [0, 0.1) is 11.3 Å². The van der Waals surface area contributed by atoms with Crippen LogP contribution in [0.3, 0.4) is 0 Å². The SMILES string of the molecule is CCCCC(CC)C(=O)N1CCC(C)(C(N)=S)CC1. The van der Waals surface area contributed by atoms with Crippen molar-refractivity contribution in [1.29, 1.82) is 0 Å². The van der Waals surface area contributed by atoms with Crippen LogP contribution in [-0.4, -0.2) is 28.9 Å². The van der Waals surface area contributed by atoms with Crippen molar-refractivity contribution in [3.8, 4) is 0 Å². The third kappa shape index (κ3) is 4.16. The summed E-state index contributed by atoms with van der Waals surface area (Å²) in [6.07, 6.45) is 6.07. The second-order valence-electron chi connectivity index (χ2n) is 6.00. The first-order valence-corrected chi connectivity index (χ1v) is 7.94. The summed E-state index contributed by atoms with van der Waals surface area (Å²) in [6.45, 7) is 8.00. The fourth-order valence-corrected chi connectivity index (χ4v) is 2.88. The molecule has 3 nitrogen and oxygen atoms in total. The molecule has 0 aromatic rings. The first-order chi connectivity index (χ1) is 8.94. The van der Waals surface area contributed by atoms with E-state index >= 15 is 0 Å². The number of hydrogen-bond donors (Lipinski definition) is 1. The van der Waals surface area contributed by atoms with Crippen molar-refractivity contribution in [3.63, 3.8) is 0 Å². The maximum atomic E-state index is 12.5. The lowest BCUT2D eigenvalue weighted by atomic mass is 9.80. The molecule has 1 fully saturated rings. The van der Waals surface area contributed by atoms with Crippen LogP contribution in [0.4, 0.5) is 0 Å². The summed E-state index contributed by atoms with van der Waals surface area (Å²) in [5.74, 6) is 0.537. The van der Waals surface area contributed by atoms with Gasteiger partial charge in [0.25, 0.3) is 0 Å². The summed E-state index contributed by atoms with van der Waals surface area (Å²) in [4.78, 5) is 15.1. The molecular weight excluding hydrogens is 256 g/mol. The van der Waals surface area contributed by atoms with Gasteiger partial charge in [-0.1, -0.05) is 45.8 Å². The molecule has 1 saturated heterocycles. The van der Waals surface area contributed by atoms with E-state index in [2.05, 4.69) is 20.8 Å². The van der Waals surface area contributed by atoms with Gasteiger partial charge >= 0.3 is 0 Å². The lowest BCUT2D eigenvalue weighted by Crippen LogP contribution is -2.48. The average molecular weight is 284 g/mol. The van der Waals surface area contributed by atoms with Crippen molar-refractivity contribution < 1.29 is 4.79 Å². The first kappa shape index (κ1) is 16.4. The van der Waals surface area contributed by atoms with E-state index in [1.807, 2.05) is 4.90 Å². The van der Waals surface area contributed by atoms with Crippen LogP contribution in [0.1, 0.15) is 59.3 Å². The Hall–Kier alpha value is -0.640. The van der Waals surface area contributed by atoms with Crippen LogP contribution >= 0.6 is 12.2 Å². The molecule has 19 heavy (non-hydrogen) atoms. The third-order valence-corrected chi connectivity index (χ3v) is 5.01. The number of nitrogens with zero attached hydrogens (tertiary/aromatic N) is 1. The number of rotatable bonds is 6. The van der Waals surface area contributed by atoms with Crippen molar-refractivity contribution in [2.24, 2.45) is 17.1 Å². The van der Waals surface area contributed by atoms with Crippen LogP contribution in [0.25, 0.3) is 0 Å². The van der Waals surface area contributed by atoms with Gasteiger partial charge in [-0.2, -0.15) is 0 Å². The summed E-state index contributed by atoms with van der Waals surface area (Å²) in [7, 11) is 0. The minimum Gasteiger partial charge on any atom is -0.393 e. The average Bonchev–Trinajstić information content (AvgIpc) is 2.40. The summed E-state index contributed by atoms with van der Waals surface area (Å²) in [5.41, 5.74) is 5.74. The van der Waals surface area contributed by atoms with E-state index in [1.54, 1.807) is 0 Å². The summed E-state index contributed by atoms with van der Waals surface area (Å²) in [6, 6.07) is 0. The van der Waals surface area contributed by atoms with E-state index in [9.17, 15) is 4.79 Å². The van der Waals surface area contributed by atoms with E-state index in [0.717, 1.165) is 51.6 Å². The zero-order valence-electron chi connectivity index (χ0n) is 12.6. The smallest absolute Gasteiger partial charge is 0.225 e. The summed E-state index contributed by atoms with van der Waals surface area (Å²) < 4.78 is 0. The minimum absolute atomic E-state index is 0.0583. The second-order valence-corrected chi connectivity index (χ2v) is 6.44. The summed E-state index contributed by atoms with van der Waals surface area (Å²) in [5, 5.41) is 0. The molecule has 1 heterocycles. The van der Waals surface area contributed by atoms with Crippen molar-refractivity contribution in [2.45, 2.75) is 59.3 Å². The lowest BCUT2D eigenvalue weighted by Gasteiger charge is -2.39. The Kier molecular flexibility index (Phi) is 6.24. The van der Waals surface area contributed by atoms with Gasteiger partial charge in [-0.15, -0.1) is 0 Å². The number of amides is 1. The standard InChI is InChI=1S/C15H28N2OS/c1-4-6-7-12(5-2)13(18)17-10-8-15(3,9-11-17)14(16)19/h12H,4-11H2,1-3H3,(H2,16,19). The number of carbonyl (C=O) groups excluding carboxylic acids is 1. The van der Waals surface area contributed by atoms with E-state index in [0.29, 0.717) is 10.9 Å². The topological polar surface area (TPSA) is 46.3 Å². The van der Waals surface area contributed by atoms with Crippen LogP contribution < -0.4 is 5.73 Å². The zero-order chi connectivity index (χ0) is 14.5. The summed E-state index contributed by atoms with van der Waals surface area (Å²) >= 11 is 5.14. The van der Waals surface area contributed by atoms with E-state index in [-0.39, 0.29) is 11.3 Å². The van der Waals surface area contributed by atoms with Crippen LogP contribution in [0.15, 0.2) is 0 Å². The Balaban J connectivity index is 2.54. The van der Waals surface area contributed by atoms with Gasteiger partial charge in [0.2, 0.25) is 5.91 Å². The number of unbranched alkanes of at least 4 members (excludes halogenated alkanes) is 1. The van der Waals surface area contributed by atoms with E-state index in [4.69, 9.17) is 18.0 Å². The number of likely N-dealkylation sites (tertiary alicyclic amines) is 1. The third-order valence-electron chi connectivity index (χ3n) is 4.52. The molecule has 2 N–H and O–H groups in total. The highest BCUT2D eigenvalue weighted by Crippen LogP contribution is 2.32. The molecule has 1 atom stereocenters. The van der Waals surface area contributed by atoms with Crippen molar-refractivity contribution in [3.05, 3.63) is 0 Å². The van der Waals surface area contributed by atoms with Gasteiger partial charge in [-0.25, -0.2) is 0 Å². The minimum atomic E-state index is -0.0583.